The highest BCUT2D eigenvalue weighted by Crippen LogP contribution is 2.25. The van der Waals surface area contributed by atoms with Crippen molar-refractivity contribution in [2.45, 2.75) is 6.42 Å². The number of nitrogens with zero attached hydrogens (tertiary/aromatic N) is 1. The number of halogens is 1. The highest BCUT2D eigenvalue weighted by atomic mass is 35.5. The maximum absolute atomic E-state index is 8.32. The van der Waals surface area contributed by atoms with Gasteiger partial charge in [-0.1, -0.05) is 35.9 Å². The molecule has 1 aromatic rings. The van der Waals surface area contributed by atoms with Crippen molar-refractivity contribution in [1.82, 2.24) is 4.90 Å². The van der Waals surface area contributed by atoms with Crippen molar-refractivity contribution in [2.75, 3.05) is 25.4 Å². The smallest absolute Gasteiger partial charge is 0.0675 e. The van der Waals surface area contributed by atoms with E-state index in [1.807, 2.05) is 18.2 Å². The first-order valence-corrected chi connectivity index (χ1v) is 6.67. The summed E-state index contributed by atoms with van der Waals surface area (Å²) in [4.78, 5) is 2.26. The minimum atomic E-state index is 0.466. The fraction of sp³-hybridized carbons (Fsp3) is 0.267. The van der Waals surface area contributed by atoms with E-state index >= 15 is 0 Å². The van der Waals surface area contributed by atoms with E-state index in [-0.39, 0.29) is 0 Å². The van der Waals surface area contributed by atoms with Crippen LogP contribution in [0.3, 0.4) is 0 Å². The average Bonchev–Trinajstić information content (AvgIpc) is 2.42. The molecule has 0 atom stereocenters. The van der Waals surface area contributed by atoms with Crippen LogP contribution in [0.4, 0.5) is 5.69 Å². The third-order valence-corrected chi connectivity index (χ3v) is 3.59. The molecule has 1 aromatic carbocycles. The van der Waals surface area contributed by atoms with Gasteiger partial charge in [0.25, 0.3) is 0 Å². The van der Waals surface area contributed by atoms with Gasteiger partial charge in [-0.2, -0.15) is 0 Å². The molecule has 0 saturated carbocycles. The fourth-order valence-corrected chi connectivity index (χ4v) is 2.43. The summed E-state index contributed by atoms with van der Waals surface area (Å²) < 4.78 is 0. The van der Waals surface area contributed by atoms with Crippen LogP contribution in [0.2, 0.25) is 5.02 Å². The normalized spacial score (nSPS) is 15.9. The van der Waals surface area contributed by atoms with Crippen LogP contribution in [0.5, 0.6) is 0 Å². The van der Waals surface area contributed by atoms with Gasteiger partial charge in [-0.05, 0) is 18.1 Å². The highest BCUT2D eigenvalue weighted by molar-refractivity contribution is 6.34. The number of nitrogen functional groups attached to an aromatic ring is 1. The zero-order valence-corrected chi connectivity index (χ0v) is 11.6. The van der Waals surface area contributed by atoms with E-state index in [4.69, 9.17) is 22.7 Å². The number of hydrogen-bond donors (Lipinski definition) is 2. The van der Waals surface area contributed by atoms with E-state index in [9.17, 15) is 0 Å². The molecule has 0 fully saturated rings. The van der Waals surface area contributed by atoms with Gasteiger partial charge in [0, 0.05) is 25.2 Å². The lowest BCUT2D eigenvalue weighted by atomic mass is 9.97. The zero-order valence-electron chi connectivity index (χ0n) is 10.8. The van der Waals surface area contributed by atoms with Gasteiger partial charge >= 0.3 is 0 Å². The molecule has 3 N–H and O–H groups in total. The predicted molar refractivity (Wildman–Crippen MR) is 82.0 cm³/mol. The molecule has 0 saturated heterocycles. The molecule has 100 valence electrons. The van der Waals surface area contributed by atoms with Crippen molar-refractivity contribution in [3.05, 3.63) is 53.1 Å². The molecule has 0 bridgehead atoms. The van der Waals surface area contributed by atoms with Gasteiger partial charge in [-0.25, -0.2) is 0 Å². The molecular formula is C15H18ClN3. The first-order valence-electron chi connectivity index (χ1n) is 6.29. The van der Waals surface area contributed by atoms with E-state index in [0.29, 0.717) is 22.0 Å². The van der Waals surface area contributed by atoms with Gasteiger partial charge in [0.2, 0.25) is 0 Å². The zero-order chi connectivity index (χ0) is 13.8. The molecule has 4 heteroatoms. The van der Waals surface area contributed by atoms with E-state index in [2.05, 4.69) is 17.6 Å². The lowest BCUT2D eigenvalue weighted by molar-refractivity contribution is 0.326. The Morgan fingerprint density at radius 3 is 3.05 bits per heavy atom. The van der Waals surface area contributed by atoms with Crippen LogP contribution in [0.25, 0.3) is 0 Å². The predicted octanol–water partition coefficient (Wildman–Crippen LogP) is 3.11. The number of anilines is 1. The average molecular weight is 276 g/mol. The first-order chi connectivity index (χ1) is 9.13. The van der Waals surface area contributed by atoms with Gasteiger partial charge in [0.05, 0.1) is 16.4 Å². The number of rotatable bonds is 4. The third kappa shape index (κ3) is 3.06. The number of nitrogens with one attached hydrogen (secondary N) is 1. The van der Waals surface area contributed by atoms with Crippen molar-refractivity contribution >= 4 is 23.0 Å². The van der Waals surface area contributed by atoms with Crippen LogP contribution in [-0.2, 0) is 0 Å². The number of hydrogen-bond acceptors (Lipinski definition) is 3. The Bertz CT molecular complexity index is 534. The molecule has 0 amide bonds. The summed E-state index contributed by atoms with van der Waals surface area (Å²) in [7, 11) is 0. The summed E-state index contributed by atoms with van der Waals surface area (Å²) >= 11 is 6.01. The van der Waals surface area contributed by atoms with Gasteiger partial charge < -0.3 is 5.73 Å². The Labute approximate surface area is 118 Å². The summed E-state index contributed by atoms with van der Waals surface area (Å²) in [5.41, 5.74) is 8.61. The van der Waals surface area contributed by atoms with Crippen molar-refractivity contribution in [3.63, 3.8) is 0 Å². The SMILES string of the molecule is C=CCN1CCC=C(C(=N)c2cccc(Cl)c2N)C1. The maximum atomic E-state index is 8.32. The summed E-state index contributed by atoms with van der Waals surface area (Å²) in [6.45, 7) is 6.37. The highest BCUT2D eigenvalue weighted by Gasteiger charge is 2.18. The molecule has 1 aliphatic rings. The minimum Gasteiger partial charge on any atom is -0.397 e. The monoisotopic (exact) mass is 275 g/mol. The fourth-order valence-electron chi connectivity index (χ4n) is 2.25. The second-order valence-electron chi connectivity index (χ2n) is 4.62. The van der Waals surface area contributed by atoms with Crippen LogP contribution in [0.1, 0.15) is 12.0 Å². The molecule has 0 aromatic heterocycles. The standard InChI is InChI=1S/C15H18ClN3/c1-2-8-19-9-4-5-11(10-19)14(17)12-6-3-7-13(16)15(12)18/h2-3,5-7,17H,1,4,8-10,18H2. The van der Waals surface area contributed by atoms with Crippen LogP contribution < -0.4 is 5.73 Å². The minimum absolute atomic E-state index is 0.466. The Kier molecular flexibility index (Phi) is 4.40. The Morgan fingerprint density at radius 1 is 1.53 bits per heavy atom. The molecule has 3 nitrogen and oxygen atoms in total. The molecule has 19 heavy (non-hydrogen) atoms. The molecule has 0 spiro atoms. The number of benzene rings is 1. The van der Waals surface area contributed by atoms with Gasteiger partial charge in [-0.3, -0.25) is 10.3 Å². The molecule has 0 radical (unpaired) electrons. The van der Waals surface area contributed by atoms with Crippen molar-refractivity contribution in [2.24, 2.45) is 0 Å². The van der Waals surface area contributed by atoms with E-state index < -0.39 is 0 Å². The van der Waals surface area contributed by atoms with Crippen molar-refractivity contribution < 1.29 is 0 Å². The summed E-state index contributed by atoms with van der Waals surface area (Å²) in [5, 5.41) is 8.83. The molecular weight excluding hydrogens is 258 g/mol. The largest absolute Gasteiger partial charge is 0.397 e. The molecule has 2 rings (SSSR count). The summed E-state index contributed by atoms with van der Waals surface area (Å²) in [6, 6.07) is 5.41. The summed E-state index contributed by atoms with van der Waals surface area (Å²) in [6.07, 6.45) is 4.95. The second-order valence-corrected chi connectivity index (χ2v) is 5.03. The van der Waals surface area contributed by atoms with Crippen LogP contribution in [0, 0.1) is 5.41 Å². The van der Waals surface area contributed by atoms with Gasteiger partial charge in [0.15, 0.2) is 0 Å². The van der Waals surface area contributed by atoms with E-state index in [0.717, 1.165) is 31.6 Å². The lowest BCUT2D eigenvalue weighted by Gasteiger charge is -2.26. The number of para-hydroxylation sites is 1. The van der Waals surface area contributed by atoms with Crippen LogP contribution in [0.15, 0.2) is 42.5 Å². The molecule has 0 unspecified atom stereocenters. The van der Waals surface area contributed by atoms with Gasteiger partial charge in [0.1, 0.15) is 0 Å². The van der Waals surface area contributed by atoms with Crippen LogP contribution in [-0.4, -0.2) is 30.2 Å². The Hall–Kier alpha value is -1.58. The van der Waals surface area contributed by atoms with Crippen molar-refractivity contribution in [1.29, 1.82) is 5.41 Å². The Morgan fingerprint density at radius 2 is 2.32 bits per heavy atom. The second kappa shape index (κ2) is 6.04. The van der Waals surface area contributed by atoms with Crippen molar-refractivity contribution in [3.8, 4) is 0 Å². The lowest BCUT2D eigenvalue weighted by Crippen LogP contribution is -2.32. The number of nitrogens with two attached hydrogens (primary N) is 1. The van der Waals surface area contributed by atoms with E-state index in [1.54, 1.807) is 6.07 Å². The van der Waals surface area contributed by atoms with Gasteiger partial charge in [-0.15, -0.1) is 6.58 Å². The Balaban J connectivity index is 2.22. The quantitative estimate of drug-likeness (QED) is 0.504. The summed E-state index contributed by atoms with van der Waals surface area (Å²) in [5.74, 6) is 0. The molecule has 0 aliphatic carbocycles. The molecule has 1 heterocycles. The topological polar surface area (TPSA) is 53.1 Å². The van der Waals surface area contributed by atoms with E-state index in [1.165, 1.54) is 0 Å². The maximum Gasteiger partial charge on any atom is 0.0675 e. The first kappa shape index (κ1) is 13.8. The molecule has 1 aliphatic heterocycles. The van der Waals surface area contributed by atoms with Crippen LogP contribution >= 0.6 is 11.6 Å². The third-order valence-electron chi connectivity index (χ3n) is 3.26.